The third-order valence-electron chi connectivity index (χ3n) is 3.35. The number of nitrogens with zero attached hydrogens (tertiary/aromatic N) is 1. The fraction of sp³-hybridized carbons (Fsp3) is 0.556. The molecule has 11 heteroatoms. The summed E-state index contributed by atoms with van der Waals surface area (Å²) in [4.78, 5) is 15.7. The molecule has 0 aliphatic carbocycles. The van der Waals surface area contributed by atoms with Crippen molar-refractivity contribution in [2.45, 2.75) is 37.7 Å². The second-order valence-corrected chi connectivity index (χ2v) is 9.27. The molecule has 1 aromatic rings. The highest BCUT2D eigenvalue weighted by atomic mass is 35.5. The molecule has 0 saturated carbocycles. The van der Waals surface area contributed by atoms with Gasteiger partial charge < -0.3 is 20.7 Å². The van der Waals surface area contributed by atoms with Crippen molar-refractivity contribution < 1.29 is 17.9 Å². The van der Waals surface area contributed by atoms with Crippen molar-refractivity contribution in [3.8, 4) is 0 Å². The van der Waals surface area contributed by atoms with Crippen molar-refractivity contribution in [1.82, 2.24) is 20.7 Å². The normalized spacial score (nSPS) is 12.4. The molecular weight excluding hydrogens is 418 g/mol. The van der Waals surface area contributed by atoms with E-state index in [0.717, 1.165) is 0 Å². The van der Waals surface area contributed by atoms with Crippen LogP contribution in [0.15, 0.2) is 34.2 Å². The van der Waals surface area contributed by atoms with Crippen LogP contribution < -0.4 is 20.7 Å². The van der Waals surface area contributed by atoms with Gasteiger partial charge in [0.15, 0.2) is 5.96 Å². The molecule has 0 spiro atoms. The molecule has 1 aromatic carbocycles. The lowest BCUT2D eigenvalue weighted by atomic mass is 10.2. The van der Waals surface area contributed by atoms with Gasteiger partial charge in [0, 0.05) is 38.2 Å². The molecule has 0 unspecified atom stereocenters. The van der Waals surface area contributed by atoms with E-state index in [-0.39, 0.29) is 11.4 Å². The molecular formula is C18H30ClN5O4S. The Morgan fingerprint density at radius 3 is 2.38 bits per heavy atom. The monoisotopic (exact) mass is 447 g/mol. The van der Waals surface area contributed by atoms with E-state index in [1.165, 1.54) is 12.1 Å². The minimum atomic E-state index is -3.62. The van der Waals surface area contributed by atoms with Crippen LogP contribution in [-0.4, -0.2) is 59.3 Å². The quantitative estimate of drug-likeness (QED) is 0.260. The maximum Gasteiger partial charge on any atom is 0.407 e. The van der Waals surface area contributed by atoms with Gasteiger partial charge in [-0.2, -0.15) is 0 Å². The van der Waals surface area contributed by atoms with Gasteiger partial charge in [0.1, 0.15) is 5.60 Å². The SMILES string of the molecule is CN=C(NCCCNC(=O)OC(C)(C)C)NCCNS(=O)(=O)c1cccc(Cl)c1. The summed E-state index contributed by atoms with van der Waals surface area (Å²) in [6.45, 7) is 6.96. The molecule has 0 aliphatic heterocycles. The Morgan fingerprint density at radius 1 is 1.10 bits per heavy atom. The van der Waals surface area contributed by atoms with Crippen molar-refractivity contribution in [3.05, 3.63) is 29.3 Å². The summed E-state index contributed by atoms with van der Waals surface area (Å²) in [5, 5.41) is 9.12. The molecule has 0 fully saturated rings. The summed E-state index contributed by atoms with van der Waals surface area (Å²) < 4.78 is 32.0. The molecule has 0 aliphatic rings. The number of carbonyl (C=O) groups is 1. The number of amides is 1. The third-order valence-corrected chi connectivity index (χ3v) is 5.05. The number of halogens is 1. The van der Waals surface area contributed by atoms with Crippen LogP contribution in [0.4, 0.5) is 4.79 Å². The van der Waals surface area contributed by atoms with E-state index in [0.29, 0.717) is 37.0 Å². The van der Waals surface area contributed by atoms with E-state index in [2.05, 4.69) is 25.7 Å². The van der Waals surface area contributed by atoms with Crippen LogP contribution in [-0.2, 0) is 14.8 Å². The number of aliphatic imine (C=N–C) groups is 1. The van der Waals surface area contributed by atoms with Crippen molar-refractivity contribution in [1.29, 1.82) is 0 Å². The Hall–Kier alpha value is -2.04. The number of hydrogen-bond donors (Lipinski definition) is 4. The molecule has 4 N–H and O–H groups in total. The van der Waals surface area contributed by atoms with Gasteiger partial charge in [-0.05, 0) is 45.4 Å². The highest BCUT2D eigenvalue weighted by Gasteiger charge is 2.15. The van der Waals surface area contributed by atoms with Gasteiger partial charge >= 0.3 is 6.09 Å². The van der Waals surface area contributed by atoms with Gasteiger partial charge in [-0.15, -0.1) is 0 Å². The van der Waals surface area contributed by atoms with E-state index in [9.17, 15) is 13.2 Å². The molecule has 1 amide bonds. The van der Waals surface area contributed by atoms with Crippen LogP contribution in [0, 0.1) is 0 Å². The van der Waals surface area contributed by atoms with Gasteiger partial charge in [-0.3, -0.25) is 4.99 Å². The topological polar surface area (TPSA) is 121 Å². The Morgan fingerprint density at radius 2 is 1.76 bits per heavy atom. The molecule has 0 bridgehead atoms. The summed E-state index contributed by atoms with van der Waals surface area (Å²) in [5.41, 5.74) is -0.525. The fourth-order valence-corrected chi connectivity index (χ4v) is 3.44. The van der Waals surface area contributed by atoms with Crippen molar-refractivity contribution in [3.63, 3.8) is 0 Å². The number of sulfonamides is 1. The van der Waals surface area contributed by atoms with Crippen LogP contribution in [0.2, 0.25) is 5.02 Å². The summed E-state index contributed by atoms with van der Waals surface area (Å²) in [7, 11) is -2.00. The maximum absolute atomic E-state index is 12.2. The van der Waals surface area contributed by atoms with Crippen LogP contribution in [0.3, 0.4) is 0 Å². The summed E-state index contributed by atoms with van der Waals surface area (Å²) in [6, 6.07) is 6.07. The minimum Gasteiger partial charge on any atom is -0.444 e. The molecule has 0 atom stereocenters. The predicted octanol–water partition coefficient (Wildman–Crippen LogP) is 1.70. The maximum atomic E-state index is 12.2. The number of carbonyl (C=O) groups excluding carboxylic acids is 1. The number of nitrogens with one attached hydrogen (secondary N) is 4. The van der Waals surface area contributed by atoms with Gasteiger partial charge in [0.2, 0.25) is 10.0 Å². The zero-order valence-electron chi connectivity index (χ0n) is 17.2. The van der Waals surface area contributed by atoms with Gasteiger partial charge in [-0.1, -0.05) is 17.7 Å². The molecule has 0 radical (unpaired) electrons. The average Bonchev–Trinajstić information content (AvgIpc) is 2.61. The average molecular weight is 448 g/mol. The molecule has 0 aromatic heterocycles. The van der Waals surface area contributed by atoms with Crippen molar-refractivity contribution in [2.75, 3.05) is 33.2 Å². The number of benzene rings is 1. The number of alkyl carbamates (subject to hydrolysis) is 1. The van der Waals surface area contributed by atoms with Gasteiger partial charge in [0.25, 0.3) is 0 Å². The van der Waals surface area contributed by atoms with E-state index < -0.39 is 21.7 Å². The first-order chi connectivity index (χ1) is 13.5. The van der Waals surface area contributed by atoms with E-state index in [1.807, 2.05) is 0 Å². The first-order valence-electron chi connectivity index (χ1n) is 9.20. The molecule has 164 valence electrons. The zero-order valence-corrected chi connectivity index (χ0v) is 18.8. The lowest BCUT2D eigenvalue weighted by Crippen LogP contribution is -2.42. The van der Waals surface area contributed by atoms with Crippen LogP contribution in [0.5, 0.6) is 0 Å². The smallest absolute Gasteiger partial charge is 0.407 e. The Bertz CT molecular complexity index is 794. The van der Waals surface area contributed by atoms with Crippen LogP contribution in [0.1, 0.15) is 27.2 Å². The first-order valence-corrected chi connectivity index (χ1v) is 11.1. The molecule has 1 rings (SSSR count). The van der Waals surface area contributed by atoms with E-state index >= 15 is 0 Å². The standard InChI is InChI=1S/C18H30ClN5O4S/c1-18(2,3)28-17(25)23-10-6-9-21-16(20-4)22-11-12-24-29(26,27)15-8-5-7-14(19)13-15/h5,7-8,13,24H,6,9-12H2,1-4H3,(H,23,25)(H2,20,21,22). The van der Waals surface area contributed by atoms with Crippen LogP contribution in [0.25, 0.3) is 0 Å². The van der Waals surface area contributed by atoms with E-state index in [4.69, 9.17) is 16.3 Å². The van der Waals surface area contributed by atoms with Gasteiger partial charge in [-0.25, -0.2) is 17.9 Å². The Labute approximate surface area is 177 Å². The minimum absolute atomic E-state index is 0.116. The number of rotatable bonds is 9. The highest BCUT2D eigenvalue weighted by Crippen LogP contribution is 2.14. The first kappa shape index (κ1) is 25.0. The largest absolute Gasteiger partial charge is 0.444 e. The van der Waals surface area contributed by atoms with E-state index in [1.54, 1.807) is 40.0 Å². The van der Waals surface area contributed by atoms with Crippen molar-refractivity contribution >= 4 is 33.7 Å². The van der Waals surface area contributed by atoms with Gasteiger partial charge in [0.05, 0.1) is 4.90 Å². The Kier molecular flexibility index (Phi) is 10.2. The second kappa shape index (κ2) is 11.8. The molecule has 9 nitrogen and oxygen atoms in total. The highest BCUT2D eigenvalue weighted by molar-refractivity contribution is 7.89. The number of hydrogen-bond acceptors (Lipinski definition) is 5. The Balaban J connectivity index is 2.24. The lowest BCUT2D eigenvalue weighted by molar-refractivity contribution is 0.0527. The lowest BCUT2D eigenvalue weighted by Gasteiger charge is -2.19. The van der Waals surface area contributed by atoms with Crippen LogP contribution >= 0.6 is 11.6 Å². The molecule has 0 heterocycles. The van der Waals surface area contributed by atoms with Crippen molar-refractivity contribution in [2.24, 2.45) is 4.99 Å². The molecule has 29 heavy (non-hydrogen) atoms. The number of guanidine groups is 1. The fourth-order valence-electron chi connectivity index (χ4n) is 2.10. The molecule has 0 saturated heterocycles. The summed E-state index contributed by atoms with van der Waals surface area (Å²) in [5.74, 6) is 0.532. The summed E-state index contributed by atoms with van der Waals surface area (Å²) >= 11 is 5.83. The number of ether oxygens (including phenoxy) is 1. The summed E-state index contributed by atoms with van der Waals surface area (Å²) in [6.07, 6.45) is 0.216. The third kappa shape index (κ3) is 10.9. The second-order valence-electron chi connectivity index (χ2n) is 7.06. The predicted molar refractivity (Wildman–Crippen MR) is 115 cm³/mol. The zero-order chi connectivity index (χ0) is 21.9.